The molecule has 0 saturated carbocycles. The Hall–Kier alpha value is -2.22. The van der Waals surface area contributed by atoms with E-state index in [-0.39, 0.29) is 17.9 Å². The summed E-state index contributed by atoms with van der Waals surface area (Å²) in [5.74, 6) is -0.0528. The number of benzene rings is 2. The predicted molar refractivity (Wildman–Crippen MR) is 108 cm³/mol. The Morgan fingerprint density at radius 2 is 1.68 bits per heavy atom. The molecule has 28 heavy (non-hydrogen) atoms. The van der Waals surface area contributed by atoms with Crippen LogP contribution in [0, 0.1) is 5.92 Å². The summed E-state index contributed by atoms with van der Waals surface area (Å²) in [6.07, 6.45) is 0.997. The molecule has 3 fully saturated rings. The Morgan fingerprint density at radius 3 is 2.39 bits per heavy atom. The van der Waals surface area contributed by atoms with E-state index in [0.29, 0.717) is 11.4 Å². The van der Waals surface area contributed by atoms with Gasteiger partial charge in [0, 0.05) is 23.6 Å². The van der Waals surface area contributed by atoms with Gasteiger partial charge in [0.05, 0.1) is 24.8 Å². The minimum Gasteiger partial charge on any atom is -0.497 e. The molecule has 2 amide bonds. The standard InChI is InChI=1S/C21H20BrN3O3/c1-28-16-5-2-4-15(12-16)25-20(26)17-18(13-6-8-14(22)9-7-13)23-10-3-11-24(23)19(17)21(25)27/h2,4-9,12,17-19H,3,10-11H2,1H3/t17-,18-,19+/m0/s1. The highest BCUT2D eigenvalue weighted by Gasteiger charge is 2.62. The molecule has 3 atom stereocenters. The van der Waals surface area contributed by atoms with Crippen LogP contribution in [-0.4, -0.2) is 48.1 Å². The summed E-state index contributed by atoms with van der Waals surface area (Å²) in [6, 6.07) is 14.7. The fourth-order valence-electron chi connectivity index (χ4n) is 4.78. The van der Waals surface area contributed by atoms with E-state index >= 15 is 0 Å². The number of halogens is 1. The molecular weight excluding hydrogens is 422 g/mol. The molecule has 0 radical (unpaired) electrons. The van der Waals surface area contributed by atoms with Crippen LogP contribution in [0.1, 0.15) is 18.0 Å². The first kappa shape index (κ1) is 17.8. The summed E-state index contributed by atoms with van der Waals surface area (Å²) in [4.78, 5) is 28.2. The Balaban J connectivity index is 1.57. The molecule has 7 heteroatoms. The zero-order chi connectivity index (χ0) is 19.4. The Kier molecular flexibility index (Phi) is 4.26. The van der Waals surface area contributed by atoms with Crippen LogP contribution in [0.2, 0.25) is 0 Å². The Labute approximate surface area is 171 Å². The van der Waals surface area contributed by atoms with Crippen LogP contribution in [-0.2, 0) is 9.59 Å². The van der Waals surface area contributed by atoms with Gasteiger partial charge in [0.25, 0.3) is 5.91 Å². The summed E-state index contributed by atoms with van der Waals surface area (Å²) >= 11 is 3.48. The molecule has 3 aliphatic heterocycles. The molecule has 2 aromatic rings. The third kappa shape index (κ3) is 2.53. The average Bonchev–Trinajstić information content (AvgIpc) is 3.35. The first-order valence-corrected chi connectivity index (χ1v) is 10.2. The summed E-state index contributed by atoms with van der Waals surface area (Å²) in [7, 11) is 1.58. The Bertz CT molecular complexity index is 948. The number of anilines is 1. The van der Waals surface area contributed by atoms with Crippen molar-refractivity contribution in [2.75, 3.05) is 25.1 Å². The minimum absolute atomic E-state index is 0.118. The van der Waals surface area contributed by atoms with Gasteiger partial charge >= 0.3 is 0 Å². The van der Waals surface area contributed by atoms with Crippen LogP contribution in [0.15, 0.2) is 53.0 Å². The average molecular weight is 442 g/mol. The van der Waals surface area contributed by atoms with E-state index in [4.69, 9.17) is 4.74 Å². The molecule has 0 bridgehead atoms. The van der Waals surface area contributed by atoms with Crippen molar-refractivity contribution in [1.29, 1.82) is 0 Å². The van der Waals surface area contributed by atoms with Gasteiger partial charge in [-0.3, -0.25) is 9.59 Å². The van der Waals surface area contributed by atoms with Gasteiger partial charge in [0.2, 0.25) is 5.91 Å². The molecular formula is C21H20BrN3O3. The number of rotatable bonds is 3. The second kappa shape index (κ2) is 6.69. The van der Waals surface area contributed by atoms with E-state index < -0.39 is 12.0 Å². The predicted octanol–water partition coefficient (Wildman–Crippen LogP) is 2.99. The maximum absolute atomic E-state index is 13.5. The first-order chi connectivity index (χ1) is 13.6. The van der Waals surface area contributed by atoms with Gasteiger partial charge in [-0.05, 0) is 36.2 Å². The maximum atomic E-state index is 13.5. The second-order valence-corrected chi connectivity index (χ2v) is 8.28. The van der Waals surface area contributed by atoms with Crippen LogP contribution in [0.25, 0.3) is 0 Å². The van der Waals surface area contributed by atoms with E-state index in [1.54, 1.807) is 25.3 Å². The quantitative estimate of drug-likeness (QED) is 0.685. The van der Waals surface area contributed by atoms with E-state index in [0.717, 1.165) is 29.5 Å². The van der Waals surface area contributed by atoms with Crippen LogP contribution in [0.5, 0.6) is 5.75 Å². The van der Waals surface area contributed by atoms with E-state index in [1.807, 2.05) is 30.3 Å². The highest BCUT2D eigenvalue weighted by atomic mass is 79.9. The van der Waals surface area contributed by atoms with E-state index in [2.05, 4.69) is 25.9 Å². The van der Waals surface area contributed by atoms with Crippen molar-refractivity contribution < 1.29 is 14.3 Å². The fourth-order valence-corrected chi connectivity index (χ4v) is 5.04. The molecule has 5 rings (SSSR count). The second-order valence-electron chi connectivity index (χ2n) is 7.36. The smallest absolute Gasteiger partial charge is 0.253 e. The van der Waals surface area contributed by atoms with Crippen molar-refractivity contribution in [3.8, 4) is 5.75 Å². The van der Waals surface area contributed by atoms with E-state index in [9.17, 15) is 9.59 Å². The monoisotopic (exact) mass is 441 g/mol. The molecule has 0 aliphatic carbocycles. The number of imide groups is 1. The van der Waals surface area contributed by atoms with Crippen molar-refractivity contribution in [2.45, 2.75) is 18.5 Å². The zero-order valence-corrected chi connectivity index (χ0v) is 17.0. The molecule has 0 spiro atoms. The molecule has 0 unspecified atom stereocenters. The number of nitrogens with zero attached hydrogens (tertiary/aromatic N) is 3. The molecule has 2 aromatic carbocycles. The third-order valence-electron chi connectivity index (χ3n) is 5.93. The van der Waals surface area contributed by atoms with Crippen molar-refractivity contribution >= 4 is 33.4 Å². The number of hydrogen-bond donors (Lipinski definition) is 0. The van der Waals surface area contributed by atoms with Crippen LogP contribution >= 0.6 is 15.9 Å². The molecule has 0 N–H and O–H groups in total. The molecule has 3 heterocycles. The number of carbonyl (C=O) groups excluding carboxylic acids is 2. The number of methoxy groups -OCH3 is 1. The van der Waals surface area contributed by atoms with Crippen LogP contribution in [0.4, 0.5) is 5.69 Å². The highest BCUT2D eigenvalue weighted by Crippen LogP contribution is 2.49. The lowest BCUT2D eigenvalue weighted by Crippen LogP contribution is -2.44. The van der Waals surface area contributed by atoms with Crippen molar-refractivity contribution in [1.82, 2.24) is 10.0 Å². The van der Waals surface area contributed by atoms with Gasteiger partial charge in [-0.15, -0.1) is 0 Å². The molecule has 6 nitrogen and oxygen atoms in total. The summed E-state index contributed by atoms with van der Waals surface area (Å²) < 4.78 is 6.27. The molecule has 0 aromatic heterocycles. The highest BCUT2D eigenvalue weighted by molar-refractivity contribution is 9.10. The maximum Gasteiger partial charge on any atom is 0.253 e. The fraction of sp³-hybridized carbons (Fsp3) is 0.333. The normalized spacial score (nSPS) is 27.4. The lowest BCUT2D eigenvalue weighted by molar-refractivity contribution is -0.126. The number of hydrazine groups is 1. The van der Waals surface area contributed by atoms with Crippen molar-refractivity contribution in [2.24, 2.45) is 5.92 Å². The van der Waals surface area contributed by atoms with Crippen LogP contribution < -0.4 is 9.64 Å². The largest absolute Gasteiger partial charge is 0.497 e. The number of fused-ring (bicyclic) bond motifs is 3. The number of hydrogen-bond acceptors (Lipinski definition) is 5. The van der Waals surface area contributed by atoms with Gasteiger partial charge in [-0.2, -0.15) is 0 Å². The number of carbonyl (C=O) groups is 2. The number of ether oxygens (including phenoxy) is 1. The van der Waals surface area contributed by atoms with Gasteiger partial charge in [-0.25, -0.2) is 14.9 Å². The molecule has 3 saturated heterocycles. The van der Waals surface area contributed by atoms with Gasteiger partial charge in [-0.1, -0.05) is 34.1 Å². The SMILES string of the molecule is COc1cccc(N2C(=O)[C@@H]3[C@H](C2=O)N2CCCN2[C@H]3c2ccc(Br)cc2)c1. The number of amides is 2. The molecule has 3 aliphatic rings. The van der Waals surface area contributed by atoms with Gasteiger partial charge < -0.3 is 4.74 Å². The zero-order valence-electron chi connectivity index (χ0n) is 15.4. The topological polar surface area (TPSA) is 53.1 Å². The van der Waals surface area contributed by atoms with Gasteiger partial charge in [0.15, 0.2) is 0 Å². The van der Waals surface area contributed by atoms with E-state index in [1.165, 1.54) is 4.90 Å². The van der Waals surface area contributed by atoms with Crippen LogP contribution in [0.3, 0.4) is 0 Å². The van der Waals surface area contributed by atoms with Crippen molar-refractivity contribution in [3.05, 3.63) is 58.6 Å². The Morgan fingerprint density at radius 1 is 0.964 bits per heavy atom. The lowest BCUT2D eigenvalue weighted by atomic mass is 9.90. The minimum atomic E-state index is -0.435. The summed E-state index contributed by atoms with van der Waals surface area (Å²) in [5, 5.41) is 4.33. The summed E-state index contributed by atoms with van der Waals surface area (Å²) in [6.45, 7) is 1.67. The van der Waals surface area contributed by atoms with Gasteiger partial charge in [0.1, 0.15) is 11.8 Å². The lowest BCUT2D eigenvalue weighted by Gasteiger charge is -2.29. The summed E-state index contributed by atoms with van der Waals surface area (Å²) in [5.41, 5.74) is 1.64. The molecule has 144 valence electrons. The third-order valence-corrected chi connectivity index (χ3v) is 6.46. The first-order valence-electron chi connectivity index (χ1n) is 9.40. The van der Waals surface area contributed by atoms with Crippen molar-refractivity contribution in [3.63, 3.8) is 0 Å².